The molecule has 0 saturated heterocycles. The third kappa shape index (κ3) is 33.3. The smallest absolute Gasteiger partial charge is 0.790 e. The van der Waals surface area contributed by atoms with Gasteiger partial charge in [0, 0.05) is 25.5 Å². The van der Waals surface area contributed by atoms with Gasteiger partial charge in [-0.05, 0) is 19.3 Å². The zero-order valence-corrected chi connectivity index (χ0v) is 29.8. The molecule has 0 aliphatic carbocycles. The Kier molecular flexibility index (Phi) is 33.9. The van der Waals surface area contributed by atoms with Crippen LogP contribution in [0.4, 0.5) is 0 Å². The molecule has 0 unspecified atom stereocenters. The summed E-state index contributed by atoms with van der Waals surface area (Å²) in [5.41, 5.74) is 0. The van der Waals surface area contributed by atoms with E-state index in [-0.39, 0.29) is 83.7 Å². The summed E-state index contributed by atoms with van der Waals surface area (Å²) in [6.07, 6.45) is 13.4. The summed E-state index contributed by atoms with van der Waals surface area (Å²) in [6, 6.07) is 0. The van der Waals surface area contributed by atoms with Crippen LogP contribution in [0, 0.1) is 0 Å². The summed E-state index contributed by atoms with van der Waals surface area (Å²) in [6.45, 7) is 2.68. The molecule has 0 saturated carbocycles. The number of unbranched alkanes of at least 4 members (excludes halogenated alkanes) is 12. The van der Waals surface area contributed by atoms with Gasteiger partial charge < -0.3 is 28.3 Å². The van der Waals surface area contributed by atoms with Gasteiger partial charge >= 0.3 is 71.1 Å². The first kappa shape index (κ1) is 43.5. The zero-order chi connectivity index (χ0) is 27.1. The molecule has 0 spiro atoms. The molecule has 0 fully saturated rings. The second-order valence-electron chi connectivity index (χ2n) is 8.97. The maximum absolute atomic E-state index is 12.1. The van der Waals surface area contributed by atoms with Gasteiger partial charge in [0.05, 0.1) is 14.4 Å². The van der Waals surface area contributed by atoms with E-state index in [1.54, 1.807) is 6.92 Å². The maximum Gasteiger partial charge on any atom is 1.00 e. The molecule has 13 heteroatoms. The summed E-state index contributed by atoms with van der Waals surface area (Å²) >= 11 is 1.31. The number of ether oxygens (including phenoxy) is 2. The molecule has 9 nitrogen and oxygen atoms in total. The second kappa shape index (κ2) is 29.6. The Morgan fingerprint density at radius 1 is 0.737 bits per heavy atom. The first-order valence-corrected chi connectivity index (χ1v) is 15.7. The molecule has 0 N–H and O–H groups in total. The average molecular weight is 599 g/mol. The number of esters is 2. The summed E-state index contributed by atoms with van der Waals surface area (Å²) in [5.74, 6) is -0.232. The van der Waals surface area contributed by atoms with Crippen LogP contribution in [0.1, 0.15) is 117 Å². The Morgan fingerprint density at radius 3 is 1.71 bits per heavy atom. The molecule has 0 radical (unpaired) electrons. The van der Waals surface area contributed by atoms with Crippen LogP contribution in [-0.4, -0.2) is 42.1 Å². The van der Waals surface area contributed by atoms with E-state index in [4.69, 9.17) is 9.47 Å². The van der Waals surface area contributed by atoms with Crippen LogP contribution in [0.2, 0.25) is 0 Å². The van der Waals surface area contributed by atoms with Gasteiger partial charge in [-0.25, -0.2) is 0 Å². The van der Waals surface area contributed by atoms with Crippen LogP contribution in [-0.2, 0) is 32.9 Å². The number of carbonyl (C=O) groups is 3. The quantitative estimate of drug-likeness (QED) is 0.0578. The van der Waals surface area contributed by atoms with Crippen molar-refractivity contribution in [2.75, 3.05) is 19.0 Å². The van der Waals surface area contributed by atoms with E-state index in [2.05, 4.69) is 11.4 Å². The molecule has 38 heavy (non-hydrogen) atoms. The Balaban J connectivity index is -0.00000612. The fraction of sp³-hybridized carbons (Fsp3) is 0.880. The van der Waals surface area contributed by atoms with Gasteiger partial charge in [0.25, 0.3) is 0 Å². The molecule has 0 aromatic heterocycles. The topological polar surface area (TPSA) is 142 Å². The summed E-state index contributed by atoms with van der Waals surface area (Å²) in [7, 11) is -5.25. The second-order valence-corrected chi connectivity index (χ2v) is 11.4. The molecule has 0 bridgehead atoms. The van der Waals surface area contributed by atoms with Gasteiger partial charge in [0.2, 0.25) is 0 Å². The Bertz CT molecular complexity index is 650. The molecular weight excluding hydrogens is 553 g/mol. The van der Waals surface area contributed by atoms with Crippen molar-refractivity contribution in [1.29, 1.82) is 0 Å². The van der Waals surface area contributed by atoms with E-state index < -0.39 is 32.5 Å². The fourth-order valence-electron chi connectivity index (χ4n) is 3.49. The summed E-state index contributed by atoms with van der Waals surface area (Å²) < 4.78 is 25.3. The molecular formula is C25H45Na2O9PS. The molecule has 0 aliphatic rings. The van der Waals surface area contributed by atoms with Crippen molar-refractivity contribution in [3.8, 4) is 0 Å². The minimum absolute atomic E-state index is 0. The van der Waals surface area contributed by atoms with E-state index in [9.17, 15) is 28.7 Å². The number of hydrogen-bond acceptors (Lipinski definition) is 10. The summed E-state index contributed by atoms with van der Waals surface area (Å²) in [5, 5.41) is 0.115. The van der Waals surface area contributed by atoms with Gasteiger partial charge in [-0.2, -0.15) is 0 Å². The van der Waals surface area contributed by atoms with Crippen molar-refractivity contribution in [2.24, 2.45) is 0 Å². The normalized spacial score (nSPS) is 11.7. The Morgan fingerprint density at radius 2 is 1.21 bits per heavy atom. The zero-order valence-electron chi connectivity index (χ0n) is 24.0. The van der Waals surface area contributed by atoms with Crippen molar-refractivity contribution in [3.63, 3.8) is 0 Å². The largest absolute Gasteiger partial charge is 1.00 e. The minimum atomic E-state index is -5.25. The average Bonchev–Trinajstić information content (AvgIpc) is 2.80. The van der Waals surface area contributed by atoms with E-state index in [1.807, 2.05) is 0 Å². The van der Waals surface area contributed by atoms with E-state index in [1.165, 1.54) is 43.9 Å². The number of thioether (sulfide) groups is 1. The number of rotatable bonds is 24. The first-order chi connectivity index (χ1) is 17.1. The monoisotopic (exact) mass is 598 g/mol. The number of hydrogen-bond donors (Lipinski definition) is 0. The maximum atomic E-state index is 12.1. The first-order valence-electron chi connectivity index (χ1n) is 13.3. The van der Waals surface area contributed by atoms with E-state index in [0.29, 0.717) is 12.8 Å². The number of phosphoric acid groups is 1. The number of carbonyl (C=O) groups excluding carboxylic acids is 3. The van der Waals surface area contributed by atoms with Crippen molar-refractivity contribution in [3.05, 3.63) is 0 Å². The van der Waals surface area contributed by atoms with Crippen LogP contribution in [0.3, 0.4) is 0 Å². The molecule has 0 aliphatic heterocycles. The Labute approximate surface area is 277 Å². The fourth-order valence-corrected chi connectivity index (χ4v) is 4.48. The Hall–Kier alpha value is 1.07. The van der Waals surface area contributed by atoms with Crippen LogP contribution in [0.25, 0.3) is 0 Å². The molecule has 0 aromatic carbocycles. The summed E-state index contributed by atoms with van der Waals surface area (Å²) in [4.78, 5) is 56.6. The van der Waals surface area contributed by atoms with Crippen molar-refractivity contribution in [1.82, 2.24) is 0 Å². The van der Waals surface area contributed by atoms with E-state index in [0.717, 1.165) is 50.7 Å². The molecule has 0 aromatic rings. The van der Waals surface area contributed by atoms with Gasteiger partial charge in [0.1, 0.15) is 6.61 Å². The predicted octanol–water partition coefficient (Wildman–Crippen LogP) is -1.16. The van der Waals surface area contributed by atoms with Crippen LogP contribution in [0.5, 0.6) is 0 Å². The van der Waals surface area contributed by atoms with Crippen LogP contribution < -0.4 is 68.9 Å². The van der Waals surface area contributed by atoms with Crippen LogP contribution >= 0.6 is 19.6 Å². The van der Waals surface area contributed by atoms with Crippen molar-refractivity contribution in [2.45, 2.75) is 123 Å². The van der Waals surface area contributed by atoms with Crippen molar-refractivity contribution >= 4 is 36.6 Å². The van der Waals surface area contributed by atoms with Gasteiger partial charge in [0.15, 0.2) is 11.2 Å². The van der Waals surface area contributed by atoms with Gasteiger partial charge in [-0.3, -0.25) is 14.4 Å². The minimum Gasteiger partial charge on any atom is -0.790 e. The van der Waals surface area contributed by atoms with Crippen LogP contribution in [0.15, 0.2) is 0 Å². The molecule has 0 heterocycles. The molecule has 212 valence electrons. The third-order valence-electron chi connectivity index (χ3n) is 5.46. The van der Waals surface area contributed by atoms with E-state index >= 15 is 0 Å². The van der Waals surface area contributed by atoms with Gasteiger partial charge in [-0.15, -0.1) is 0 Å². The standard InChI is InChI=1S/C25H47O9PS.2Na/c1-3-4-5-6-7-8-9-11-15-18-25(28)34-23(21-33-35(29,30)31)20-32-24(27)17-14-12-10-13-16-19-36-22(2)26;;/h23H,3-21H2,1-2H3,(H2,29,30,31);;/q;2*+1/p-2/t23-;;/m1../s1. The molecule has 0 rings (SSSR count). The molecule has 0 amide bonds. The SMILES string of the molecule is CCCCCCCCCCCC(=O)O[C@H](COC(=O)CCCCCCCSC(C)=O)COP(=O)([O-])[O-].[Na+].[Na+]. The number of phosphoric ester groups is 1. The third-order valence-corrected chi connectivity index (χ3v) is 6.83. The predicted molar refractivity (Wildman–Crippen MR) is 137 cm³/mol. The van der Waals surface area contributed by atoms with Gasteiger partial charge in [-0.1, -0.05) is 89.3 Å². The molecule has 1 atom stereocenters. The van der Waals surface area contributed by atoms with Crippen molar-refractivity contribution < 1.29 is 102 Å².